The van der Waals surface area contributed by atoms with Crippen molar-refractivity contribution < 1.29 is 24.4 Å². The van der Waals surface area contributed by atoms with Gasteiger partial charge in [0, 0.05) is 18.7 Å². The summed E-state index contributed by atoms with van der Waals surface area (Å²) in [7, 11) is 1.43. The lowest BCUT2D eigenvalue weighted by atomic mass is 10.2. The number of nitrogens with one attached hydrogen (secondary N) is 1. The maximum Gasteiger partial charge on any atom is 0.293 e. The Balaban J connectivity index is 1.81. The third kappa shape index (κ3) is 3.67. The van der Waals surface area contributed by atoms with Crippen LogP contribution >= 0.6 is 0 Å². The number of phenols is 2. The van der Waals surface area contributed by atoms with Crippen LogP contribution in [0.25, 0.3) is 5.82 Å². The summed E-state index contributed by atoms with van der Waals surface area (Å²) in [5, 5.41) is 37.3. The van der Waals surface area contributed by atoms with E-state index in [2.05, 4.69) is 35.8 Å². The highest BCUT2D eigenvalue weighted by Crippen LogP contribution is 2.21. The lowest BCUT2D eigenvalue weighted by Gasteiger charge is -2.04. The summed E-state index contributed by atoms with van der Waals surface area (Å²) >= 11 is 0. The van der Waals surface area contributed by atoms with Crippen LogP contribution in [0, 0.1) is 0 Å². The number of hydrogen-bond donors (Lipinski definition) is 4. The van der Waals surface area contributed by atoms with Crippen LogP contribution in [-0.2, 0) is 11.3 Å². The first kappa shape index (κ1) is 17.8. The summed E-state index contributed by atoms with van der Waals surface area (Å²) in [6, 6.07) is 3.93. The number of phenolic OH excluding ortho intramolecular Hbond substituents is 2. The predicted molar refractivity (Wildman–Crippen MR) is 89.2 cm³/mol. The smallest absolute Gasteiger partial charge is 0.293 e. The average molecular weight is 374 g/mol. The second kappa shape index (κ2) is 7.49. The van der Waals surface area contributed by atoms with Gasteiger partial charge in [-0.15, -0.1) is 5.10 Å². The average Bonchev–Trinajstić information content (AvgIpc) is 3.23. The van der Waals surface area contributed by atoms with Gasteiger partial charge in [0.05, 0.1) is 12.8 Å². The second-order valence-corrected chi connectivity index (χ2v) is 5.14. The highest BCUT2D eigenvalue weighted by molar-refractivity contribution is 5.94. The number of rotatable bonds is 6. The number of nitrogen functional groups attached to an aromatic ring is 1. The molecule has 0 radical (unpaired) electrons. The molecule has 140 valence electrons. The Bertz CT molecular complexity index is 995. The van der Waals surface area contributed by atoms with Crippen molar-refractivity contribution in [1.29, 1.82) is 0 Å². The number of ether oxygens (including phenoxy) is 1. The molecule has 0 bridgehead atoms. The van der Waals surface area contributed by atoms with E-state index in [1.54, 1.807) is 0 Å². The van der Waals surface area contributed by atoms with Crippen molar-refractivity contribution in [2.45, 2.75) is 6.61 Å². The maximum absolute atomic E-state index is 12.3. The van der Waals surface area contributed by atoms with E-state index in [1.807, 2.05) is 0 Å². The van der Waals surface area contributed by atoms with Crippen LogP contribution in [0.5, 0.6) is 11.5 Å². The third-order valence-corrected chi connectivity index (χ3v) is 3.34. The van der Waals surface area contributed by atoms with Crippen molar-refractivity contribution in [1.82, 2.24) is 30.7 Å². The summed E-state index contributed by atoms with van der Waals surface area (Å²) in [6.45, 7) is -0.0233. The highest BCUT2D eigenvalue weighted by atomic mass is 16.6. The van der Waals surface area contributed by atoms with Gasteiger partial charge in [-0.1, -0.05) is 5.21 Å². The number of anilines is 1. The van der Waals surface area contributed by atoms with Crippen molar-refractivity contribution in [3.63, 3.8) is 0 Å². The number of carbonyl (C=O) groups excluding carboxylic acids is 1. The normalized spacial score (nSPS) is 11.1. The maximum atomic E-state index is 12.3. The number of hydrazone groups is 1. The first-order valence-corrected chi connectivity index (χ1v) is 7.38. The first-order chi connectivity index (χ1) is 13.0. The van der Waals surface area contributed by atoms with Gasteiger partial charge in [0.25, 0.3) is 5.91 Å². The molecule has 0 unspecified atom stereocenters. The van der Waals surface area contributed by atoms with Gasteiger partial charge in [-0.2, -0.15) is 9.78 Å². The molecule has 5 N–H and O–H groups in total. The molecule has 3 rings (SSSR count). The Hall–Kier alpha value is -4.00. The number of hydrogen-bond acceptors (Lipinski definition) is 11. The molecule has 1 aromatic carbocycles. The molecule has 0 saturated carbocycles. The van der Waals surface area contributed by atoms with Crippen molar-refractivity contribution >= 4 is 17.9 Å². The summed E-state index contributed by atoms with van der Waals surface area (Å²) in [4.78, 5) is 12.3. The topological polar surface area (TPSA) is 187 Å². The zero-order valence-corrected chi connectivity index (χ0v) is 13.9. The second-order valence-electron chi connectivity index (χ2n) is 5.14. The zero-order chi connectivity index (χ0) is 19.4. The fourth-order valence-corrected chi connectivity index (χ4v) is 2.11. The van der Waals surface area contributed by atoms with E-state index < -0.39 is 5.91 Å². The number of nitrogens with zero attached hydrogens (tertiary/aromatic N) is 6. The fourth-order valence-electron chi connectivity index (χ4n) is 2.11. The number of nitrogens with two attached hydrogens (primary N) is 1. The van der Waals surface area contributed by atoms with Crippen LogP contribution in [0.15, 0.2) is 27.9 Å². The van der Waals surface area contributed by atoms with Gasteiger partial charge in [0.2, 0.25) is 11.6 Å². The lowest BCUT2D eigenvalue weighted by molar-refractivity contribution is 0.0944. The van der Waals surface area contributed by atoms with E-state index in [0.29, 0.717) is 0 Å². The number of benzene rings is 1. The Morgan fingerprint density at radius 1 is 1.44 bits per heavy atom. The molecular formula is C14H14N8O5. The Labute approximate surface area is 151 Å². The molecule has 13 nitrogen and oxygen atoms in total. The summed E-state index contributed by atoms with van der Waals surface area (Å²) in [5.74, 6) is -0.960. The molecule has 0 aliphatic rings. The van der Waals surface area contributed by atoms with Crippen molar-refractivity contribution in [3.8, 4) is 17.3 Å². The van der Waals surface area contributed by atoms with Crippen molar-refractivity contribution in [2.24, 2.45) is 5.10 Å². The predicted octanol–water partition coefficient (Wildman–Crippen LogP) is -0.446. The highest BCUT2D eigenvalue weighted by Gasteiger charge is 2.23. The molecule has 13 heteroatoms. The quantitative estimate of drug-likeness (QED) is 0.325. The van der Waals surface area contributed by atoms with Gasteiger partial charge in [0.15, 0.2) is 5.69 Å². The summed E-state index contributed by atoms with van der Waals surface area (Å²) in [6.07, 6.45) is 1.20. The van der Waals surface area contributed by atoms with Gasteiger partial charge in [-0.3, -0.25) is 4.79 Å². The largest absolute Gasteiger partial charge is 0.508 e. The van der Waals surface area contributed by atoms with Gasteiger partial charge < -0.3 is 20.7 Å². The van der Waals surface area contributed by atoms with Gasteiger partial charge >= 0.3 is 0 Å². The minimum absolute atomic E-state index is 0.0233. The minimum atomic E-state index is -0.683. The SMILES string of the molecule is COCc1c(C(=O)N/N=C/c2ccc(O)cc2O)nnn1-c1nonc1N. The van der Waals surface area contributed by atoms with Gasteiger partial charge in [-0.25, -0.2) is 10.1 Å². The molecule has 0 spiro atoms. The molecule has 0 fully saturated rings. The Kier molecular flexibility index (Phi) is 4.94. The van der Waals surface area contributed by atoms with E-state index in [-0.39, 0.29) is 46.7 Å². The molecule has 3 aromatic rings. The van der Waals surface area contributed by atoms with Crippen molar-refractivity contribution in [2.75, 3.05) is 12.8 Å². The van der Waals surface area contributed by atoms with Crippen molar-refractivity contribution in [3.05, 3.63) is 35.2 Å². The van der Waals surface area contributed by atoms with Crippen LogP contribution in [0.4, 0.5) is 5.82 Å². The number of aromatic nitrogens is 5. The number of methoxy groups -OCH3 is 1. The number of amides is 1. The molecule has 0 saturated heterocycles. The van der Waals surface area contributed by atoms with E-state index in [0.717, 1.165) is 6.07 Å². The Morgan fingerprint density at radius 3 is 2.93 bits per heavy atom. The summed E-state index contributed by atoms with van der Waals surface area (Å²) in [5.41, 5.74) is 8.35. The first-order valence-electron chi connectivity index (χ1n) is 7.38. The lowest BCUT2D eigenvalue weighted by Crippen LogP contribution is -2.20. The molecule has 0 aliphatic heterocycles. The number of aromatic hydroxyl groups is 2. The molecule has 0 aliphatic carbocycles. The van der Waals surface area contributed by atoms with Crippen LogP contribution < -0.4 is 11.2 Å². The van der Waals surface area contributed by atoms with E-state index >= 15 is 0 Å². The molecule has 2 aromatic heterocycles. The summed E-state index contributed by atoms with van der Waals surface area (Å²) < 4.78 is 10.7. The van der Waals surface area contributed by atoms with E-state index in [9.17, 15) is 15.0 Å². The molecule has 0 atom stereocenters. The van der Waals surface area contributed by atoms with E-state index in [1.165, 1.54) is 30.1 Å². The van der Waals surface area contributed by atoms with E-state index in [4.69, 9.17) is 10.5 Å². The molecule has 1 amide bonds. The van der Waals surface area contributed by atoms with Crippen LogP contribution in [-0.4, -0.2) is 54.8 Å². The third-order valence-electron chi connectivity index (χ3n) is 3.34. The fraction of sp³-hybridized carbons (Fsp3) is 0.143. The molecule has 2 heterocycles. The zero-order valence-electron chi connectivity index (χ0n) is 13.9. The minimum Gasteiger partial charge on any atom is -0.508 e. The van der Waals surface area contributed by atoms with Gasteiger partial charge in [0.1, 0.15) is 17.2 Å². The molecular weight excluding hydrogens is 360 g/mol. The van der Waals surface area contributed by atoms with Crippen LogP contribution in [0.1, 0.15) is 21.7 Å². The Morgan fingerprint density at radius 2 is 2.26 bits per heavy atom. The number of carbonyl (C=O) groups is 1. The van der Waals surface area contributed by atoms with Crippen LogP contribution in [0.2, 0.25) is 0 Å². The monoisotopic (exact) mass is 374 g/mol. The molecule has 27 heavy (non-hydrogen) atoms. The standard InChI is InChI=1S/C14H14N8O5/c1-26-6-9-11(17-21-22(9)13-12(15)19-27-20-13)14(25)18-16-5-7-2-3-8(23)4-10(7)24/h2-5,23-24H,6H2,1H3,(H2,15,19)(H,18,25)/b16-5+. The van der Waals surface area contributed by atoms with Gasteiger partial charge in [-0.05, 0) is 22.4 Å². The van der Waals surface area contributed by atoms with Crippen LogP contribution in [0.3, 0.4) is 0 Å².